The molecule has 0 heterocycles. The molecule has 0 bridgehead atoms. The third-order valence-corrected chi connectivity index (χ3v) is 4.36. The number of rotatable bonds is 4. The molecule has 0 aromatic heterocycles. The molecule has 2 amide bonds. The molecule has 1 aromatic carbocycles. The van der Waals surface area contributed by atoms with Crippen LogP contribution in [0, 0.1) is 5.41 Å². The molecule has 22 heavy (non-hydrogen) atoms. The molecular weight excluding hydrogens is 300 g/mol. The van der Waals surface area contributed by atoms with Crippen LogP contribution in [0.1, 0.15) is 45.0 Å². The van der Waals surface area contributed by atoms with Gasteiger partial charge in [-0.25, -0.2) is 0 Å². The van der Waals surface area contributed by atoms with Crippen molar-refractivity contribution in [2.24, 2.45) is 11.1 Å². The molecule has 0 spiro atoms. The van der Waals surface area contributed by atoms with Gasteiger partial charge in [0.25, 0.3) is 5.91 Å². The maximum atomic E-state index is 12.4. The Balaban J connectivity index is 3.04. The number of nitrogens with two attached hydrogens (primary N) is 1. The fourth-order valence-electron chi connectivity index (χ4n) is 1.41. The van der Waals surface area contributed by atoms with Crippen molar-refractivity contribution in [3.8, 4) is 0 Å². The summed E-state index contributed by atoms with van der Waals surface area (Å²) in [6, 6.07) is 6.79. The molecule has 0 aliphatic carbocycles. The molecule has 0 fully saturated rings. The molecule has 3 N–H and O–H groups in total. The zero-order chi connectivity index (χ0) is 17.1. The highest BCUT2D eigenvalue weighted by atomic mass is 32.2. The lowest BCUT2D eigenvalue weighted by atomic mass is 10.00. The fraction of sp³-hybridized carbons (Fsp3) is 0.438. The summed E-state index contributed by atoms with van der Waals surface area (Å²) >= 11 is 1.02. The van der Waals surface area contributed by atoms with Gasteiger partial charge in [0.05, 0.1) is 5.56 Å². The minimum atomic E-state index is -1.16. The van der Waals surface area contributed by atoms with Crippen molar-refractivity contribution in [3.05, 3.63) is 29.8 Å². The van der Waals surface area contributed by atoms with Gasteiger partial charge in [0.2, 0.25) is 5.91 Å². The highest BCUT2D eigenvalue weighted by Gasteiger charge is 2.29. The third kappa shape index (κ3) is 4.59. The van der Waals surface area contributed by atoms with E-state index in [0.717, 1.165) is 11.8 Å². The van der Waals surface area contributed by atoms with E-state index in [0.29, 0.717) is 10.5 Å². The van der Waals surface area contributed by atoms with E-state index in [9.17, 15) is 14.4 Å². The molecule has 0 unspecified atom stereocenters. The smallest absolute Gasteiger partial charge is 0.253 e. The molecule has 0 saturated carbocycles. The van der Waals surface area contributed by atoms with E-state index < -0.39 is 22.8 Å². The van der Waals surface area contributed by atoms with Gasteiger partial charge in [0.1, 0.15) is 5.54 Å². The summed E-state index contributed by atoms with van der Waals surface area (Å²) in [4.78, 5) is 36.4. The van der Waals surface area contributed by atoms with Gasteiger partial charge < -0.3 is 11.1 Å². The molecule has 0 saturated heterocycles. The summed E-state index contributed by atoms with van der Waals surface area (Å²) in [7, 11) is 0. The topological polar surface area (TPSA) is 89.3 Å². The highest BCUT2D eigenvalue weighted by Crippen LogP contribution is 2.31. The fourth-order valence-corrected chi connectivity index (χ4v) is 2.33. The number of hydrogen-bond donors (Lipinski definition) is 2. The van der Waals surface area contributed by atoms with Gasteiger partial charge in [0, 0.05) is 10.3 Å². The molecule has 0 atom stereocenters. The van der Waals surface area contributed by atoms with E-state index in [-0.39, 0.29) is 5.12 Å². The molecule has 1 rings (SSSR count). The normalized spacial score (nSPS) is 11.9. The first kappa shape index (κ1) is 18.2. The van der Waals surface area contributed by atoms with Gasteiger partial charge >= 0.3 is 0 Å². The monoisotopic (exact) mass is 322 g/mol. The Hall–Kier alpha value is -1.82. The number of hydrogen-bond acceptors (Lipinski definition) is 4. The number of carbonyl (C=O) groups excluding carboxylic acids is 3. The molecule has 0 aliphatic heterocycles. The van der Waals surface area contributed by atoms with Crippen LogP contribution in [-0.2, 0) is 9.59 Å². The zero-order valence-corrected chi connectivity index (χ0v) is 14.3. The number of nitrogens with one attached hydrogen (secondary N) is 1. The van der Waals surface area contributed by atoms with Crippen LogP contribution in [0.5, 0.6) is 0 Å². The van der Waals surface area contributed by atoms with Crippen molar-refractivity contribution in [2.75, 3.05) is 0 Å². The lowest BCUT2D eigenvalue weighted by Gasteiger charge is -2.23. The van der Waals surface area contributed by atoms with Crippen molar-refractivity contribution in [1.82, 2.24) is 5.32 Å². The molecule has 0 radical (unpaired) electrons. The second kappa shape index (κ2) is 6.52. The van der Waals surface area contributed by atoms with Crippen molar-refractivity contribution in [3.63, 3.8) is 0 Å². The predicted octanol–water partition coefficient (Wildman–Crippen LogP) is 2.35. The first-order valence-corrected chi connectivity index (χ1v) is 7.70. The third-order valence-electron chi connectivity index (χ3n) is 2.99. The van der Waals surface area contributed by atoms with Crippen molar-refractivity contribution in [2.45, 2.75) is 45.1 Å². The molecular formula is C16H22N2O3S. The lowest BCUT2D eigenvalue weighted by Crippen LogP contribution is -2.53. The van der Waals surface area contributed by atoms with Crippen LogP contribution in [-0.4, -0.2) is 22.5 Å². The Morgan fingerprint density at radius 3 is 2.09 bits per heavy atom. The largest absolute Gasteiger partial charge is 0.368 e. The van der Waals surface area contributed by atoms with E-state index in [4.69, 9.17) is 5.73 Å². The van der Waals surface area contributed by atoms with Crippen LogP contribution in [0.15, 0.2) is 29.2 Å². The first-order valence-electron chi connectivity index (χ1n) is 6.89. The standard InChI is InChI=1S/C16H22N2O3S/c1-15(2,3)14(21)22-11-9-7-6-8-10(11)12(19)18-16(4,5)13(17)20/h6-9H,1-5H3,(H2,17,20)(H,18,19). The Labute approximate surface area is 135 Å². The Morgan fingerprint density at radius 2 is 1.59 bits per heavy atom. The summed E-state index contributed by atoms with van der Waals surface area (Å²) in [5.74, 6) is -1.06. The van der Waals surface area contributed by atoms with Crippen LogP contribution >= 0.6 is 11.8 Å². The number of benzene rings is 1. The van der Waals surface area contributed by atoms with Crippen LogP contribution in [0.4, 0.5) is 0 Å². The number of primary amides is 1. The van der Waals surface area contributed by atoms with Crippen LogP contribution in [0.25, 0.3) is 0 Å². The zero-order valence-electron chi connectivity index (χ0n) is 13.5. The van der Waals surface area contributed by atoms with Gasteiger partial charge in [-0.1, -0.05) is 44.7 Å². The summed E-state index contributed by atoms with van der Waals surface area (Å²) in [5.41, 5.74) is 3.93. The van der Waals surface area contributed by atoms with Crippen molar-refractivity contribution in [1.29, 1.82) is 0 Å². The van der Waals surface area contributed by atoms with Crippen LogP contribution < -0.4 is 11.1 Å². The van der Waals surface area contributed by atoms with Gasteiger partial charge in [-0.2, -0.15) is 0 Å². The SMILES string of the molecule is CC(C)(C)C(=O)Sc1ccccc1C(=O)NC(C)(C)C(N)=O. The number of carbonyl (C=O) groups is 3. The Kier molecular flexibility index (Phi) is 5.40. The number of thioether (sulfide) groups is 1. The van der Waals surface area contributed by atoms with E-state index in [1.165, 1.54) is 13.8 Å². The quantitative estimate of drug-likeness (QED) is 0.833. The van der Waals surface area contributed by atoms with Gasteiger partial charge in [-0.15, -0.1) is 0 Å². The molecule has 1 aromatic rings. The summed E-state index contributed by atoms with van der Waals surface area (Å²) in [6.07, 6.45) is 0. The van der Waals surface area contributed by atoms with Gasteiger partial charge in [-0.05, 0) is 26.0 Å². The lowest BCUT2D eigenvalue weighted by molar-refractivity contribution is -0.122. The van der Waals surface area contributed by atoms with Crippen molar-refractivity contribution < 1.29 is 14.4 Å². The predicted molar refractivity (Wildman–Crippen MR) is 87.5 cm³/mol. The van der Waals surface area contributed by atoms with E-state index in [1.807, 2.05) is 20.8 Å². The summed E-state index contributed by atoms with van der Waals surface area (Å²) in [6.45, 7) is 8.52. The maximum Gasteiger partial charge on any atom is 0.253 e. The minimum absolute atomic E-state index is 0.0399. The molecule has 6 heteroatoms. The minimum Gasteiger partial charge on any atom is -0.368 e. The van der Waals surface area contributed by atoms with Crippen molar-refractivity contribution >= 4 is 28.7 Å². The maximum absolute atomic E-state index is 12.4. The molecule has 120 valence electrons. The second-order valence-corrected chi connectivity index (χ2v) is 7.59. The Morgan fingerprint density at radius 1 is 1.05 bits per heavy atom. The summed E-state index contributed by atoms with van der Waals surface area (Å²) < 4.78 is 0. The van der Waals surface area contributed by atoms with E-state index in [1.54, 1.807) is 24.3 Å². The van der Waals surface area contributed by atoms with Crippen LogP contribution in [0.3, 0.4) is 0 Å². The summed E-state index contributed by atoms with van der Waals surface area (Å²) in [5, 5.41) is 2.55. The first-order chi connectivity index (χ1) is 9.95. The van der Waals surface area contributed by atoms with Crippen LogP contribution in [0.2, 0.25) is 0 Å². The average Bonchev–Trinajstić information content (AvgIpc) is 2.37. The molecule has 0 aliphatic rings. The van der Waals surface area contributed by atoms with E-state index >= 15 is 0 Å². The second-order valence-electron chi connectivity index (χ2n) is 6.58. The highest BCUT2D eigenvalue weighted by molar-refractivity contribution is 8.13. The van der Waals surface area contributed by atoms with Gasteiger partial charge in [-0.3, -0.25) is 14.4 Å². The number of amides is 2. The average molecular weight is 322 g/mol. The van der Waals surface area contributed by atoms with Gasteiger partial charge in [0.15, 0.2) is 5.12 Å². The van der Waals surface area contributed by atoms with E-state index in [2.05, 4.69) is 5.32 Å². The molecule has 5 nitrogen and oxygen atoms in total. The Bertz CT molecular complexity index is 604.